The summed E-state index contributed by atoms with van der Waals surface area (Å²) < 4.78 is 6.71. The van der Waals surface area contributed by atoms with E-state index in [0.29, 0.717) is 11.3 Å². The van der Waals surface area contributed by atoms with Crippen LogP contribution in [0.4, 0.5) is 0 Å². The average molecular weight is 343 g/mol. The largest absolute Gasteiger partial charge is 0.452 e. The van der Waals surface area contributed by atoms with E-state index >= 15 is 0 Å². The molecular weight excluding hydrogens is 328 g/mol. The van der Waals surface area contributed by atoms with E-state index in [1.54, 1.807) is 0 Å². The second-order valence-electron chi connectivity index (χ2n) is 5.08. The Labute approximate surface area is 131 Å². The lowest BCUT2D eigenvalue weighted by atomic mass is 10.0. The van der Waals surface area contributed by atoms with Crippen LogP contribution >= 0.6 is 15.9 Å². The summed E-state index contributed by atoms with van der Waals surface area (Å²) in [5.74, 6) is 0.356. The van der Waals surface area contributed by atoms with Gasteiger partial charge < -0.3 is 4.42 Å². The number of ketones is 1. The molecule has 0 aliphatic carbocycles. The van der Waals surface area contributed by atoms with Crippen molar-refractivity contribution in [3.8, 4) is 0 Å². The summed E-state index contributed by atoms with van der Waals surface area (Å²) in [5, 5.41) is 0.978. The summed E-state index contributed by atoms with van der Waals surface area (Å²) >= 11 is 3.42. The number of carbonyl (C=O) groups excluding carboxylic acids is 1. The maximum atomic E-state index is 12.6. The van der Waals surface area contributed by atoms with Crippen LogP contribution in [-0.4, -0.2) is 5.78 Å². The van der Waals surface area contributed by atoms with Gasteiger partial charge in [0.25, 0.3) is 0 Å². The van der Waals surface area contributed by atoms with Gasteiger partial charge in [0.2, 0.25) is 5.78 Å². The Kier molecular flexibility index (Phi) is 3.68. The number of rotatable bonds is 3. The fourth-order valence-electron chi connectivity index (χ4n) is 2.44. The number of aryl methyl sites for hydroxylation is 2. The van der Waals surface area contributed by atoms with Crippen molar-refractivity contribution in [1.82, 2.24) is 0 Å². The highest BCUT2D eigenvalue weighted by atomic mass is 79.9. The smallest absolute Gasteiger partial charge is 0.228 e. The minimum absolute atomic E-state index is 0.0672. The average Bonchev–Trinajstić information content (AvgIpc) is 2.83. The highest BCUT2D eigenvalue weighted by Gasteiger charge is 2.19. The Morgan fingerprint density at radius 1 is 1.14 bits per heavy atom. The van der Waals surface area contributed by atoms with Gasteiger partial charge in [0.05, 0.1) is 0 Å². The fraction of sp³-hybridized carbons (Fsp3) is 0.167. The summed E-state index contributed by atoms with van der Waals surface area (Å²) in [5.41, 5.74) is 3.50. The molecule has 0 unspecified atom stereocenters. The van der Waals surface area contributed by atoms with E-state index < -0.39 is 0 Å². The van der Waals surface area contributed by atoms with Crippen molar-refractivity contribution in [2.24, 2.45) is 0 Å². The van der Waals surface area contributed by atoms with E-state index in [1.807, 2.05) is 49.4 Å². The zero-order valence-electron chi connectivity index (χ0n) is 11.9. The summed E-state index contributed by atoms with van der Waals surface area (Å²) in [4.78, 5) is 12.6. The van der Waals surface area contributed by atoms with Crippen molar-refractivity contribution >= 4 is 32.7 Å². The van der Waals surface area contributed by atoms with Gasteiger partial charge in [-0.1, -0.05) is 47.1 Å². The topological polar surface area (TPSA) is 30.2 Å². The normalized spacial score (nSPS) is 11.0. The zero-order chi connectivity index (χ0) is 15.0. The predicted molar refractivity (Wildman–Crippen MR) is 87.9 cm³/mol. The molecule has 0 aliphatic heterocycles. The molecular formula is C18H15BrO2. The number of hydrogen-bond acceptors (Lipinski definition) is 2. The first-order valence-electron chi connectivity index (χ1n) is 6.92. The van der Waals surface area contributed by atoms with Gasteiger partial charge in [-0.2, -0.15) is 0 Å². The monoisotopic (exact) mass is 342 g/mol. The summed E-state index contributed by atoms with van der Waals surface area (Å²) in [6.45, 7) is 4.02. The number of fused-ring (bicyclic) bond motifs is 1. The standard InChI is InChI=1S/C18H15BrO2/c1-3-12-4-6-13(7-5-12)17(20)18-11(2)15-9-8-14(19)10-16(15)21-18/h4-10H,3H2,1-2H3. The zero-order valence-corrected chi connectivity index (χ0v) is 13.5. The lowest BCUT2D eigenvalue weighted by Crippen LogP contribution is -2.01. The van der Waals surface area contributed by atoms with Crippen molar-refractivity contribution in [3.05, 3.63) is 69.4 Å². The van der Waals surface area contributed by atoms with Gasteiger partial charge in [0.15, 0.2) is 5.76 Å². The third-order valence-electron chi connectivity index (χ3n) is 3.73. The van der Waals surface area contributed by atoms with E-state index in [2.05, 4.69) is 22.9 Å². The molecule has 21 heavy (non-hydrogen) atoms. The Morgan fingerprint density at radius 3 is 2.52 bits per heavy atom. The lowest BCUT2D eigenvalue weighted by molar-refractivity contribution is 0.101. The second kappa shape index (κ2) is 5.49. The molecule has 2 nitrogen and oxygen atoms in total. The van der Waals surface area contributed by atoms with Crippen LogP contribution in [0.15, 0.2) is 51.4 Å². The van der Waals surface area contributed by atoms with Gasteiger partial charge in [0, 0.05) is 21.0 Å². The van der Waals surface area contributed by atoms with Crippen LogP contribution < -0.4 is 0 Å². The van der Waals surface area contributed by atoms with Gasteiger partial charge in [-0.3, -0.25) is 4.79 Å². The molecule has 3 aromatic rings. The van der Waals surface area contributed by atoms with E-state index in [0.717, 1.165) is 27.4 Å². The molecule has 0 aliphatic rings. The van der Waals surface area contributed by atoms with Crippen LogP contribution in [0.3, 0.4) is 0 Å². The van der Waals surface area contributed by atoms with Gasteiger partial charge in [0.1, 0.15) is 5.58 Å². The number of carbonyl (C=O) groups is 1. The number of hydrogen-bond donors (Lipinski definition) is 0. The molecule has 0 radical (unpaired) electrons. The first-order chi connectivity index (χ1) is 10.1. The Bertz CT molecular complexity index is 813. The minimum Gasteiger partial charge on any atom is -0.452 e. The predicted octanol–water partition coefficient (Wildman–Crippen LogP) is 5.30. The Balaban J connectivity index is 2.06. The van der Waals surface area contributed by atoms with Crippen LogP contribution in [0, 0.1) is 6.92 Å². The SMILES string of the molecule is CCc1ccc(C(=O)c2oc3cc(Br)ccc3c2C)cc1. The molecule has 106 valence electrons. The number of halogens is 1. The van der Waals surface area contributed by atoms with Gasteiger partial charge in [-0.15, -0.1) is 0 Å². The van der Waals surface area contributed by atoms with Crippen molar-refractivity contribution in [1.29, 1.82) is 0 Å². The fourth-order valence-corrected chi connectivity index (χ4v) is 2.78. The minimum atomic E-state index is -0.0672. The summed E-state index contributed by atoms with van der Waals surface area (Å²) in [7, 11) is 0. The van der Waals surface area contributed by atoms with E-state index in [-0.39, 0.29) is 5.78 Å². The maximum absolute atomic E-state index is 12.6. The maximum Gasteiger partial charge on any atom is 0.228 e. The molecule has 0 fully saturated rings. The third kappa shape index (κ3) is 2.54. The summed E-state index contributed by atoms with van der Waals surface area (Å²) in [6, 6.07) is 13.5. The van der Waals surface area contributed by atoms with Crippen LogP contribution in [-0.2, 0) is 6.42 Å². The lowest BCUT2D eigenvalue weighted by Gasteiger charge is -2.01. The molecule has 0 bridgehead atoms. The van der Waals surface area contributed by atoms with Crippen molar-refractivity contribution in [3.63, 3.8) is 0 Å². The quantitative estimate of drug-likeness (QED) is 0.604. The molecule has 2 aromatic carbocycles. The van der Waals surface area contributed by atoms with Crippen LogP contribution in [0.5, 0.6) is 0 Å². The molecule has 0 saturated heterocycles. The highest BCUT2D eigenvalue weighted by molar-refractivity contribution is 9.10. The first-order valence-corrected chi connectivity index (χ1v) is 7.71. The molecule has 0 amide bonds. The van der Waals surface area contributed by atoms with E-state index in [9.17, 15) is 4.79 Å². The van der Waals surface area contributed by atoms with Crippen LogP contribution in [0.2, 0.25) is 0 Å². The second-order valence-corrected chi connectivity index (χ2v) is 5.99. The van der Waals surface area contributed by atoms with Gasteiger partial charge in [-0.25, -0.2) is 0 Å². The van der Waals surface area contributed by atoms with Crippen LogP contribution in [0.1, 0.15) is 34.2 Å². The molecule has 0 spiro atoms. The van der Waals surface area contributed by atoms with E-state index in [1.165, 1.54) is 5.56 Å². The Hall–Kier alpha value is -1.87. The number of benzene rings is 2. The summed E-state index contributed by atoms with van der Waals surface area (Å²) in [6.07, 6.45) is 0.964. The molecule has 1 heterocycles. The van der Waals surface area contributed by atoms with Gasteiger partial charge in [-0.05, 0) is 37.1 Å². The molecule has 0 N–H and O–H groups in total. The highest BCUT2D eigenvalue weighted by Crippen LogP contribution is 2.29. The van der Waals surface area contributed by atoms with Crippen molar-refractivity contribution in [2.75, 3.05) is 0 Å². The Morgan fingerprint density at radius 2 is 1.86 bits per heavy atom. The van der Waals surface area contributed by atoms with Gasteiger partial charge >= 0.3 is 0 Å². The van der Waals surface area contributed by atoms with E-state index in [4.69, 9.17) is 4.42 Å². The first kappa shape index (κ1) is 14.1. The number of furan rings is 1. The molecule has 0 atom stereocenters. The molecule has 3 heteroatoms. The van der Waals surface area contributed by atoms with Crippen molar-refractivity contribution in [2.45, 2.75) is 20.3 Å². The van der Waals surface area contributed by atoms with Crippen molar-refractivity contribution < 1.29 is 9.21 Å². The third-order valence-corrected chi connectivity index (χ3v) is 4.22. The van der Waals surface area contributed by atoms with Crippen LogP contribution in [0.25, 0.3) is 11.0 Å². The molecule has 3 rings (SSSR count). The molecule has 1 aromatic heterocycles. The molecule has 0 saturated carbocycles.